The molecule has 1 N–H and O–H groups in total. The Balaban J connectivity index is 1.09. The Morgan fingerprint density at radius 2 is 1.51 bits per heavy atom. The average Bonchev–Trinajstić information content (AvgIpc) is 4.06. The third-order valence-electron chi connectivity index (χ3n) is 13.9. The summed E-state index contributed by atoms with van der Waals surface area (Å²) in [4.78, 5) is 43.6. The quantitative estimate of drug-likeness (QED) is 0.0648. The van der Waals surface area contributed by atoms with Gasteiger partial charge in [0.05, 0.1) is 11.1 Å². The van der Waals surface area contributed by atoms with Gasteiger partial charge in [-0.1, -0.05) is 109 Å². The second-order valence-corrected chi connectivity index (χ2v) is 18.5. The largest absolute Gasteiger partial charge is 0.478 e. The molecular formula is C53H55NO4S. The number of aryl methyl sites for hydroxylation is 1. The summed E-state index contributed by atoms with van der Waals surface area (Å²) in [6, 6.07) is 30.6. The van der Waals surface area contributed by atoms with Gasteiger partial charge in [0.25, 0.3) is 0 Å². The van der Waals surface area contributed by atoms with Gasteiger partial charge in [-0.15, -0.1) is 11.3 Å². The normalized spacial score (nSPS) is 19.0. The Bertz CT molecular complexity index is 2500. The molecule has 5 aromatic rings. The second kappa shape index (κ2) is 16.2. The number of nitrogens with zero attached hydrogens (tertiary/aromatic N) is 1. The van der Waals surface area contributed by atoms with Crippen LogP contribution in [0.15, 0.2) is 90.5 Å². The molecule has 6 heteroatoms. The first-order valence-corrected chi connectivity index (χ1v) is 23.1. The number of benzene rings is 4. The highest BCUT2D eigenvalue weighted by atomic mass is 32.1. The summed E-state index contributed by atoms with van der Waals surface area (Å²) < 4.78 is 0. The number of carbonyl (C=O) groups excluding carboxylic acids is 2. The van der Waals surface area contributed by atoms with E-state index in [1.54, 1.807) is 17.4 Å². The minimum absolute atomic E-state index is 0.00894. The Hall–Kier alpha value is -5.07. The number of carboxylic acid groups (broad SMARTS) is 1. The molecule has 59 heavy (non-hydrogen) atoms. The SMILES string of the molecule is CCCCCCc1cc(-c2ccc3c(c2)C2CCCC2N3c2ccc3c(c2)C(CCCC)(CCCC)c2ccccc2-3)sc1/C=C1\C(=O)c2ccc(C(=O)O)cc2C1=O. The van der Waals surface area contributed by atoms with Crippen LogP contribution in [0.2, 0.25) is 0 Å². The van der Waals surface area contributed by atoms with Crippen molar-refractivity contribution in [1.29, 1.82) is 0 Å². The van der Waals surface area contributed by atoms with E-state index < -0.39 is 11.8 Å². The van der Waals surface area contributed by atoms with E-state index in [-0.39, 0.29) is 33.5 Å². The molecule has 0 radical (unpaired) electrons. The van der Waals surface area contributed by atoms with E-state index in [0.29, 0.717) is 12.0 Å². The van der Waals surface area contributed by atoms with E-state index in [4.69, 9.17) is 0 Å². The van der Waals surface area contributed by atoms with Crippen molar-refractivity contribution in [2.24, 2.45) is 0 Å². The van der Waals surface area contributed by atoms with Gasteiger partial charge in [0, 0.05) is 49.6 Å². The summed E-state index contributed by atoms with van der Waals surface area (Å²) in [5.41, 5.74) is 12.9. The van der Waals surface area contributed by atoms with Gasteiger partial charge >= 0.3 is 5.97 Å². The fourth-order valence-electron chi connectivity index (χ4n) is 10.9. The fraction of sp³-hybridized carbons (Fsp3) is 0.377. The molecule has 9 rings (SSSR count). The molecule has 0 spiro atoms. The third kappa shape index (κ3) is 6.72. The van der Waals surface area contributed by atoms with Gasteiger partial charge in [-0.25, -0.2) is 4.79 Å². The summed E-state index contributed by atoms with van der Waals surface area (Å²) in [7, 11) is 0. The molecule has 4 aromatic carbocycles. The lowest BCUT2D eigenvalue weighted by molar-refractivity contribution is 0.0696. The number of aromatic carboxylic acids is 1. The third-order valence-corrected chi connectivity index (χ3v) is 15.1. The van der Waals surface area contributed by atoms with Crippen LogP contribution in [0.4, 0.5) is 11.4 Å². The summed E-state index contributed by atoms with van der Waals surface area (Å²) >= 11 is 1.65. The van der Waals surface area contributed by atoms with Crippen LogP contribution in [-0.2, 0) is 11.8 Å². The highest BCUT2D eigenvalue weighted by Crippen LogP contribution is 2.58. The van der Waals surface area contributed by atoms with Crippen LogP contribution in [0.25, 0.3) is 27.6 Å². The van der Waals surface area contributed by atoms with Gasteiger partial charge in [-0.05, 0) is 132 Å². The zero-order valence-electron chi connectivity index (χ0n) is 34.7. The number of thiophene rings is 1. The number of allylic oxidation sites excluding steroid dienone is 1. The van der Waals surface area contributed by atoms with Gasteiger partial charge in [-0.2, -0.15) is 0 Å². The molecule has 0 amide bonds. The maximum absolute atomic E-state index is 13.6. The predicted octanol–water partition coefficient (Wildman–Crippen LogP) is 14.1. The molecule has 1 aromatic heterocycles. The molecule has 302 valence electrons. The van der Waals surface area contributed by atoms with Crippen LogP contribution in [0, 0.1) is 0 Å². The zero-order valence-corrected chi connectivity index (χ0v) is 35.6. The minimum Gasteiger partial charge on any atom is -0.478 e. The van der Waals surface area contributed by atoms with Crippen LogP contribution in [0.1, 0.15) is 168 Å². The average molecular weight is 802 g/mol. The fourth-order valence-corrected chi connectivity index (χ4v) is 12.1. The lowest BCUT2D eigenvalue weighted by atomic mass is 9.71. The summed E-state index contributed by atoms with van der Waals surface area (Å²) in [5, 5.41) is 9.54. The Morgan fingerprint density at radius 3 is 2.29 bits per heavy atom. The van der Waals surface area contributed by atoms with Gasteiger partial charge in [0.2, 0.25) is 0 Å². The summed E-state index contributed by atoms with van der Waals surface area (Å²) in [5.74, 6) is -1.37. The minimum atomic E-state index is -1.12. The van der Waals surface area contributed by atoms with Crippen LogP contribution in [-0.4, -0.2) is 28.7 Å². The van der Waals surface area contributed by atoms with Gasteiger partial charge < -0.3 is 10.0 Å². The van der Waals surface area contributed by atoms with E-state index >= 15 is 0 Å². The number of ketones is 2. The number of carboxylic acids is 1. The maximum Gasteiger partial charge on any atom is 0.335 e. The number of fused-ring (bicyclic) bond motifs is 7. The number of carbonyl (C=O) groups is 3. The lowest BCUT2D eigenvalue weighted by Crippen LogP contribution is -2.28. The Morgan fingerprint density at radius 1 is 0.763 bits per heavy atom. The monoisotopic (exact) mass is 801 g/mol. The number of unbranched alkanes of at least 4 members (excludes halogenated alkanes) is 5. The first-order valence-electron chi connectivity index (χ1n) is 22.3. The smallest absolute Gasteiger partial charge is 0.335 e. The first kappa shape index (κ1) is 39.4. The Kier molecular flexibility index (Phi) is 10.8. The molecule has 1 aliphatic heterocycles. The highest BCUT2D eigenvalue weighted by molar-refractivity contribution is 7.16. The standard InChI is InChI=1S/C53H55NO4S/c1-4-7-10-11-15-33-30-48(59-49(33)32-43-50(55)40-23-20-35(52(57)58)29-42(40)51(43)56)34-21-25-47-41(28-34)39-17-14-19-46(39)54(47)36-22-24-38-37-16-12-13-18-44(37)53(26-8-5-2,27-9-6-3)45(38)31-36/h12-13,16,18,20-25,28-32,39,46H,4-11,14-15,17,19,26-27H2,1-3H3,(H,57,58)/b43-32+. The molecule has 4 aliphatic rings. The van der Waals surface area contributed by atoms with Crippen molar-refractivity contribution in [2.75, 3.05) is 4.90 Å². The maximum atomic E-state index is 13.6. The van der Waals surface area contributed by atoms with Crippen LogP contribution in [0.3, 0.4) is 0 Å². The van der Waals surface area contributed by atoms with Crippen LogP contribution < -0.4 is 4.90 Å². The van der Waals surface area contributed by atoms with Crippen molar-refractivity contribution in [1.82, 2.24) is 0 Å². The van der Waals surface area contributed by atoms with E-state index in [1.807, 2.05) is 0 Å². The van der Waals surface area contributed by atoms with E-state index in [0.717, 1.165) is 41.0 Å². The van der Waals surface area contributed by atoms with Crippen molar-refractivity contribution in [3.8, 4) is 21.6 Å². The van der Waals surface area contributed by atoms with Crippen molar-refractivity contribution in [3.63, 3.8) is 0 Å². The molecule has 0 saturated heterocycles. The molecule has 2 heterocycles. The molecular weight excluding hydrogens is 747 g/mol. The molecule has 1 fully saturated rings. The number of Topliss-reactive ketones (excluding diaryl/α,β-unsaturated/α-hetero) is 2. The summed E-state index contributed by atoms with van der Waals surface area (Å²) in [6.07, 6.45) is 17.9. The van der Waals surface area contributed by atoms with E-state index in [9.17, 15) is 19.5 Å². The number of rotatable bonds is 15. The molecule has 0 bridgehead atoms. The zero-order chi connectivity index (χ0) is 40.8. The van der Waals surface area contributed by atoms with Crippen LogP contribution >= 0.6 is 11.3 Å². The highest BCUT2D eigenvalue weighted by Gasteiger charge is 2.45. The number of hydrogen-bond acceptors (Lipinski definition) is 5. The topological polar surface area (TPSA) is 74.7 Å². The van der Waals surface area contributed by atoms with Crippen molar-refractivity contribution >= 4 is 46.3 Å². The second-order valence-electron chi connectivity index (χ2n) is 17.4. The predicted molar refractivity (Wildman–Crippen MR) is 242 cm³/mol. The van der Waals surface area contributed by atoms with Gasteiger partial charge in [-0.3, -0.25) is 9.59 Å². The van der Waals surface area contributed by atoms with Crippen molar-refractivity contribution in [2.45, 2.75) is 128 Å². The Labute approximate surface area is 353 Å². The van der Waals surface area contributed by atoms with E-state index in [2.05, 4.69) is 92.4 Å². The van der Waals surface area contributed by atoms with E-state index in [1.165, 1.54) is 127 Å². The molecule has 2 unspecified atom stereocenters. The summed E-state index contributed by atoms with van der Waals surface area (Å²) in [6.45, 7) is 6.85. The molecule has 3 aliphatic carbocycles. The first-order chi connectivity index (χ1) is 28.8. The lowest BCUT2D eigenvalue weighted by Gasteiger charge is -2.34. The molecule has 2 atom stereocenters. The van der Waals surface area contributed by atoms with Gasteiger partial charge in [0.1, 0.15) is 0 Å². The number of hydrogen-bond donors (Lipinski definition) is 1. The van der Waals surface area contributed by atoms with Crippen molar-refractivity contribution < 1.29 is 19.5 Å². The molecule has 5 nitrogen and oxygen atoms in total. The number of anilines is 2. The van der Waals surface area contributed by atoms with Gasteiger partial charge in [0.15, 0.2) is 11.6 Å². The molecule has 1 saturated carbocycles. The van der Waals surface area contributed by atoms with Crippen molar-refractivity contribution in [3.05, 3.63) is 134 Å². The van der Waals surface area contributed by atoms with Crippen LogP contribution in [0.5, 0.6) is 0 Å².